The molecule has 1 heterocycles. The van der Waals surface area contributed by atoms with Crippen molar-refractivity contribution in [3.63, 3.8) is 0 Å². The number of ether oxygens (including phenoxy) is 1. The molecule has 0 spiro atoms. The lowest BCUT2D eigenvalue weighted by Gasteiger charge is -2.07. The largest absolute Gasteiger partial charge is 0.496 e. The smallest absolute Gasteiger partial charge is 0.252 e. The molecule has 1 amide bonds. The third kappa shape index (κ3) is 1.70. The molecule has 0 saturated carbocycles. The molecule has 2 rings (SSSR count). The van der Waals surface area contributed by atoms with Crippen molar-refractivity contribution in [3.8, 4) is 11.4 Å². The number of benzene rings is 1. The van der Waals surface area contributed by atoms with E-state index in [0.717, 1.165) is 0 Å². The van der Waals surface area contributed by atoms with Gasteiger partial charge in [-0.3, -0.25) is 4.79 Å². The number of methoxy groups -OCH3 is 1. The highest BCUT2D eigenvalue weighted by molar-refractivity contribution is 5.96. The molecule has 0 fully saturated rings. The quantitative estimate of drug-likeness (QED) is 0.769. The van der Waals surface area contributed by atoms with E-state index in [4.69, 9.17) is 10.5 Å². The van der Waals surface area contributed by atoms with Crippen molar-refractivity contribution >= 4 is 5.91 Å². The van der Waals surface area contributed by atoms with Crippen molar-refractivity contribution in [2.45, 2.75) is 0 Å². The molecule has 0 unspecified atom stereocenters. The molecular weight excluding hydrogens is 210 g/mol. The summed E-state index contributed by atoms with van der Waals surface area (Å²) in [6, 6.07) is 4.93. The molecule has 0 bridgehead atoms. The number of rotatable bonds is 3. The summed E-state index contributed by atoms with van der Waals surface area (Å²) in [4.78, 5) is 11.2. The van der Waals surface area contributed by atoms with Gasteiger partial charge in [-0.25, -0.2) is 4.68 Å². The maximum atomic E-state index is 11.2. The topological polar surface area (TPSA) is 95.9 Å². The average Bonchev–Trinajstić information content (AvgIpc) is 2.81. The molecule has 0 atom stereocenters. The van der Waals surface area contributed by atoms with E-state index >= 15 is 0 Å². The van der Waals surface area contributed by atoms with Crippen LogP contribution in [0.2, 0.25) is 0 Å². The fourth-order valence-electron chi connectivity index (χ4n) is 1.31. The van der Waals surface area contributed by atoms with Crippen LogP contribution in [0.1, 0.15) is 10.4 Å². The van der Waals surface area contributed by atoms with Crippen molar-refractivity contribution in [2.24, 2.45) is 5.73 Å². The van der Waals surface area contributed by atoms with Gasteiger partial charge >= 0.3 is 0 Å². The van der Waals surface area contributed by atoms with Crippen LogP contribution in [0.4, 0.5) is 0 Å². The Labute approximate surface area is 90.8 Å². The van der Waals surface area contributed by atoms with E-state index in [0.29, 0.717) is 11.4 Å². The maximum absolute atomic E-state index is 11.2. The molecule has 7 nitrogen and oxygen atoms in total. The van der Waals surface area contributed by atoms with Gasteiger partial charge in [0.1, 0.15) is 12.1 Å². The predicted octanol–water partition coefficient (Wildman–Crippen LogP) is -0.230. The Kier molecular flexibility index (Phi) is 2.50. The Morgan fingerprint density at radius 3 is 2.88 bits per heavy atom. The number of carbonyl (C=O) groups excluding carboxylic acids is 1. The zero-order chi connectivity index (χ0) is 11.5. The third-order valence-corrected chi connectivity index (χ3v) is 2.06. The van der Waals surface area contributed by atoms with Crippen molar-refractivity contribution in [1.82, 2.24) is 20.2 Å². The molecule has 1 aromatic heterocycles. The van der Waals surface area contributed by atoms with Gasteiger partial charge in [0, 0.05) is 0 Å². The van der Waals surface area contributed by atoms with E-state index in [2.05, 4.69) is 15.5 Å². The molecule has 0 aliphatic rings. The highest BCUT2D eigenvalue weighted by atomic mass is 16.5. The lowest BCUT2D eigenvalue weighted by Crippen LogP contribution is -2.13. The van der Waals surface area contributed by atoms with Crippen LogP contribution in [0.5, 0.6) is 5.75 Å². The highest BCUT2D eigenvalue weighted by Gasteiger charge is 2.10. The Bertz CT molecular complexity index is 509. The maximum Gasteiger partial charge on any atom is 0.252 e. The Balaban J connectivity index is 2.51. The van der Waals surface area contributed by atoms with Crippen molar-refractivity contribution in [3.05, 3.63) is 30.1 Å². The number of tetrazole rings is 1. The Morgan fingerprint density at radius 2 is 2.31 bits per heavy atom. The van der Waals surface area contributed by atoms with Crippen LogP contribution >= 0.6 is 0 Å². The van der Waals surface area contributed by atoms with Crippen molar-refractivity contribution in [1.29, 1.82) is 0 Å². The predicted molar refractivity (Wildman–Crippen MR) is 54.2 cm³/mol. The van der Waals surface area contributed by atoms with Gasteiger partial charge in [0.25, 0.3) is 5.91 Å². The normalized spacial score (nSPS) is 10.1. The van der Waals surface area contributed by atoms with Crippen LogP contribution in [-0.4, -0.2) is 33.2 Å². The Hall–Kier alpha value is -2.44. The summed E-state index contributed by atoms with van der Waals surface area (Å²) in [6.45, 7) is 0. The van der Waals surface area contributed by atoms with E-state index in [-0.39, 0.29) is 5.56 Å². The van der Waals surface area contributed by atoms with Gasteiger partial charge in [0.2, 0.25) is 0 Å². The number of hydrogen-bond acceptors (Lipinski definition) is 5. The molecule has 0 aliphatic carbocycles. The first-order valence-electron chi connectivity index (χ1n) is 4.43. The fourth-order valence-corrected chi connectivity index (χ4v) is 1.31. The number of aromatic nitrogens is 4. The number of carbonyl (C=O) groups is 1. The van der Waals surface area contributed by atoms with E-state index < -0.39 is 5.91 Å². The minimum atomic E-state index is -0.563. The van der Waals surface area contributed by atoms with E-state index in [1.807, 2.05) is 0 Å². The summed E-state index contributed by atoms with van der Waals surface area (Å²) in [5.41, 5.74) is 6.16. The zero-order valence-corrected chi connectivity index (χ0v) is 8.49. The van der Waals surface area contributed by atoms with E-state index in [1.165, 1.54) is 18.1 Å². The molecule has 82 valence electrons. The zero-order valence-electron chi connectivity index (χ0n) is 8.49. The average molecular weight is 219 g/mol. The van der Waals surface area contributed by atoms with Gasteiger partial charge in [-0.2, -0.15) is 0 Å². The standard InChI is InChI=1S/C9H9N5O2/c1-16-8-3-2-6(4-7(8)9(10)15)14-5-11-12-13-14/h2-5H,1H3,(H2,10,15). The highest BCUT2D eigenvalue weighted by Crippen LogP contribution is 2.20. The monoisotopic (exact) mass is 219 g/mol. The van der Waals surface area contributed by atoms with Crippen LogP contribution in [0.25, 0.3) is 5.69 Å². The summed E-state index contributed by atoms with van der Waals surface area (Å²) in [5, 5.41) is 10.7. The molecule has 1 aromatic carbocycles. The molecule has 0 saturated heterocycles. The molecule has 16 heavy (non-hydrogen) atoms. The van der Waals surface area contributed by atoms with Gasteiger partial charge in [-0.1, -0.05) is 0 Å². The van der Waals surface area contributed by atoms with Gasteiger partial charge < -0.3 is 10.5 Å². The van der Waals surface area contributed by atoms with Gasteiger partial charge in [0.05, 0.1) is 18.4 Å². The number of primary amides is 1. The second-order valence-electron chi connectivity index (χ2n) is 3.00. The summed E-state index contributed by atoms with van der Waals surface area (Å²) in [6.07, 6.45) is 1.42. The third-order valence-electron chi connectivity index (χ3n) is 2.06. The van der Waals surface area contributed by atoms with E-state index in [1.54, 1.807) is 18.2 Å². The first-order chi connectivity index (χ1) is 7.72. The minimum absolute atomic E-state index is 0.288. The number of nitrogens with zero attached hydrogens (tertiary/aromatic N) is 4. The summed E-state index contributed by atoms with van der Waals surface area (Å²) in [7, 11) is 1.47. The second kappa shape index (κ2) is 3.97. The molecule has 2 aromatic rings. The number of amides is 1. The number of nitrogens with two attached hydrogens (primary N) is 1. The molecule has 0 aliphatic heterocycles. The number of hydrogen-bond donors (Lipinski definition) is 1. The summed E-state index contributed by atoms with van der Waals surface area (Å²) < 4.78 is 6.44. The lowest BCUT2D eigenvalue weighted by molar-refractivity contribution is 0.0997. The van der Waals surface area contributed by atoms with Gasteiger partial charge in [-0.15, -0.1) is 5.10 Å². The first kappa shape index (κ1) is 10.1. The first-order valence-corrected chi connectivity index (χ1v) is 4.43. The van der Waals surface area contributed by atoms with Crippen LogP contribution in [0, 0.1) is 0 Å². The molecular formula is C9H9N5O2. The van der Waals surface area contributed by atoms with Crippen LogP contribution in [-0.2, 0) is 0 Å². The van der Waals surface area contributed by atoms with Gasteiger partial charge in [0.15, 0.2) is 0 Å². The molecule has 0 radical (unpaired) electrons. The van der Waals surface area contributed by atoms with Gasteiger partial charge in [-0.05, 0) is 28.6 Å². The second-order valence-corrected chi connectivity index (χ2v) is 3.00. The lowest BCUT2D eigenvalue weighted by atomic mass is 10.1. The SMILES string of the molecule is COc1ccc(-n2cnnn2)cc1C(N)=O. The summed E-state index contributed by atoms with van der Waals surface area (Å²) in [5.74, 6) is -0.143. The van der Waals surface area contributed by atoms with Crippen LogP contribution in [0.3, 0.4) is 0 Å². The molecule has 2 N–H and O–H groups in total. The Morgan fingerprint density at radius 1 is 1.50 bits per heavy atom. The van der Waals surface area contributed by atoms with Crippen molar-refractivity contribution in [2.75, 3.05) is 7.11 Å². The minimum Gasteiger partial charge on any atom is -0.496 e. The van der Waals surface area contributed by atoms with E-state index in [9.17, 15) is 4.79 Å². The van der Waals surface area contributed by atoms with Crippen LogP contribution < -0.4 is 10.5 Å². The van der Waals surface area contributed by atoms with Crippen molar-refractivity contribution < 1.29 is 9.53 Å². The van der Waals surface area contributed by atoms with Crippen LogP contribution in [0.15, 0.2) is 24.5 Å². The molecule has 7 heteroatoms. The summed E-state index contributed by atoms with van der Waals surface area (Å²) >= 11 is 0. The fraction of sp³-hybridized carbons (Fsp3) is 0.111.